The molecule has 1 fully saturated rings. The molecule has 1 amide bonds. The average molecular weight is 569 g/mol. The molecule has 6 rings (SSSR count). The lowest BCUT2D eigenvalue weighted by Gasteiger charge is -2.23. The molecule has 0 aliphatic carbocycles. The van der Waals surface area contributed by atoms with Crippen molar-refractivity contribution in [2.45, 2.75) is 6.04 Å². The van der Waals surface area contributed by atoms with Crippen molar-refractivity contribution >= 4 is 67.3 Å². The molecule has 0 radical (unpaired) electrons. The fourth-order valence-electron chi connectivity index (χ4n) is 4.50. The van der Waals surface area contributed by atoms with Gasteiger partial charge in [-0.1, -0.05) is 40.6 Å². The number of Topliss-reactive ketones (excluding diaryl/α,β-unsaturated/α-hetero) is 1. The van der Waals surface area contributed by atoms with Gasteiger partial charge in [-0.3, -0.25) is 14.5 Å². The molecule has 0 unspecified atom stereocenters. The van der Waals surface area contributed by atoms with Crippen molar-refractivity contribution < 1.29 is 28.9 Å². The van der Waals surface area contributed by atoms with Gasteiger partial charge in [0.15, 0.2) is 16.6 Å². The molecule has 0 spiro atoms. The summed E-state index contributed by atoms with van der Waals surface area (Å²) >= 11 is 13.7. The van der Waals surface area contributed by atoms with E-state index in [2.05, 4.69) is 4.98 Å². The summed E-state index contributed by atoms with van der Waals surface area (Å²) < 4.78 is 17.3. The molecule has 1 aromatic heterocycles. The third-order valence-corrected chi connectivity index (χ3v) is 8.07. The number of carbonyl (C=O) groups excluding carboxylic acids is 2. The van der Waals surface area contributed by atoms with E-state index < -0.39 is 17.7 Å². The van der Waals surface area contributed by atoms with Crippen LogP contribution in [0, 0.1) is 0 Å². The van der Waals surface area contributed by atoms with Gasteiger partial charge < -0.3 is 19.3 Å². The van der Waals surface area contributed by atoms with Crippen LogP contribution in [0.3, 0.4) is 0 Å². The summed E-state index contributed by atoms with van der Waals surface area (Å²) in [5.74, 6) is -0.451. The number of halogens is 2. The highest BCUT2D eigenvalue weighted by Gasteiger charge is 2.48. The van der Waals surface area contributed by atoms with Crippen LogP contribution in [0.2, 0.25) is 10.0 Å². The van der Waals surface area contributed by atoms with Crippen molar-refractivity contribution in [3.63, 3.8) is 0 Å². The summed E-state index contributed by atoms with van der Waals surface area (Å²) in [6.07, 6.45) is 0. The van der Waals surface area contributed by atoms with Crippen LogP contribution in [0.4, 0.5) is 5.13 Å². The number of aromatic nitrogens is 1. The first-order valence-electron chi connectivity index (χ1n) is 11.5. The molecule has 0 bridgehead atoms. The Balaban J connectivity index is 1.54. The van der Waals surface area contributed by atoms with Gasteiger partial charge in [-0.15, -0.1) is 0 Å². The second-order valence-electron chi connectivity index (χ2n) is 8.53. The van der Waals surface area contributed by atoms with Crippen molar-refractivity contribution in [3.8, 4) is 17.2 Å². The first kappa shape index (κ1) is 24.5. The van der Waals surface area contributed by atoms with E-state index in [9.17, 15) is 14.7 Å². The zero-order chi connectivity index (χ0) is 26.6. The molecule has 1 saturated heterocycles. The van der Waals surface area contributed by atoms with Gasteiger partial charge in [0, 0.05) is 5.56 Å². The quantitative estimate of drug-likeness (QED) is 0.183. The molecular formula is C27H18Cl2N2O6S. The van der Waals surface area contributed by atoms with Crippen molar-refractivity contribution in [1.29, 1.82) is 0 Å². The number of hydrogen-bond acceptors (Lipinski definition) is 8. The number of aliphatic hydroxyl groups excluding tert-OH is 1. The Kier molecular flexibility index (Phi) is 6.14. The van der Waals surface area contributed by atoms with Crippen molar-refractivity contribution in [3.05, 3.63) is 81.3 Å². The zero-order valence-corrected chi connectivity index (χ0v) is 22.1. The number of aliphatic hydroxyl groups is 1. The Labute approximate surface area is 230 Å². The SMILES string of the molecule is COc1ccc2nc(N3C(=O)C(=O)C(=C(O)c4ccc5c(c4)OCCO5)[C@H]3c3ccc(Cl)c(Cl)c3)sc2c1. The summed E-state index contributed by atoms with van der Waals surface area (Å²) in [5.41, 5.74) is 1.30. The maximum atomic E-state index is 13.5. The number of rotatable bonds is 4. The number of anilines is 1. The van der Waals surface area contributed by atoms with E-state index in [0.717, 1.165) is 4.70 Å². The smallest absolute Gasteiger partial charge is 0.301 e. The molecular weight excluding hydrogens is 551 g/mol. The second kappa shape index (κ2) is 9.50. The molecule has 8 nitrogen and oxygen atoms in total. The van der Waals surface area contributed by atoms with Gasteiger partial charge >= 0.3 is 5.91 Å². The van der Waals surface area contributed by atoms with Gasteiger partial charge in [-0.25, -0.2) is 4.98 Å². The fourth-order valence-corrected chi connectivity index (χ4v) is 5.82. The first-order chi connectivity index (χ1) is 18.4. The summed E-state index contributed by atoms with van der Waals surface area (Å²) in [5, 5.41) is 12.3. The second-order valence-corrected chi connectivity index (χ2v) is 10.4. The van der Waals surface area contributed by atoms with E-state index in [0.29, 0.717) is 52.1 Å². The zero-order valence-electron chi connectivity index (χ0n) is 19.7. The minimum Gasteiger partial charge on any atom is -0.507 e. The van der Waals surface area contributed by atoms with Crippen LogP contribution in [0.25, 0.3) is 16.0 Å². The summed E-state index contributed by atoms with van der Waals surface area (Å²) in [4.78, 5) is 32.9. The predicted octanol–water partition coefficient (Wildman–Crippen LogP) is 6.01. The molecule has 11 heteroatoms. The number of thiazole rings is 1. The maximum Gasteiger partial charge on any atom is 0.301 e. The number of methoxy groups -OCH3 is 1. The van der Waals surface area contributed by atoms with Gasteiger partial charge in [0.25, 0.3) is 5.78 Å². The van der Waals surface area contributed by atoms with Gasteiger partial charge in [-0.2, -0.15) is 0 Å². The number of ketones is 1. The lowest BCUT2D eigenvalue weighted by molar-refractivity contribution is -0.132. The minimum absolute atomic E-state index is 0.109. The molecule has 0 saturated carbocycles. The number of carbonyl (C=O) groups is 2. The largest absolute Gasteiger partial charge is 0.507 e. The molecule has 4 aromatic rings. The Bertz CT molecular complexity index is 1670. The highest BCUT2D eigenvalue weighted by molar-refractivity contribution is 7.22. The van der Waals surface area contributed by atoms with E-state index in [1.165, 1.54) is 16.2 Å². The third-order valence-electron chi connectivity index (χ3n) is 6.31. The van der Waals surface area contributed by atoms with E-state index in [1.807, 2.05) is 0 Å². The van der Waals surface area contributed by atoms with Crippen LogP contribution < -0.4 is 19.1 Å². The van der Waals surface area contributed by atoms with E-state index >= 15 is 0 Å². The number of amides is 1. The van der Waals surface area contributed by atoms with Crippen LogP contribution >= 0.6 is 34.5 Å². The normalized spacial score (nSPS) is 18.3. The summed E-state index contributed by atoms with van der Waals surface area (Å²) in [7, 11) is 1.56. The molecule has 1 atom stereocenters. The molecule has 38 heavy (non-hydrogen) atoms. The molecule has 192 valence electrons. The van der Waals surface area contributed by atoms with Crippen LogP contribution in [0.15, 0.2) is 60.2 Å². The predicted molar refractivity (Wildman–Crippen MR) is 145 cm³/mol. The monoisotopic (exact) mass is 568 g/mol. The summed E-state index contributed by atoms with van der Waals surface area (Å²) in [6.45, 7) is 0.766. The molecule has 2 aliphatic rings. The summed E-state index contributed by atoms with van der Waals surface area (Å²) in [6, 6.07) is 14.0. The molecule has 3 heterocycles. The topological polar surface area (TPSA) is 98.2 Å². The lowest BCUT2D eigenvalue weighted by atomic mass is 9.95. The standard InChI is InChI=1S/C27H18Cl2N2O6S/c1-35-15-4-6-18-21(12-15)38-27(30-18)31-23(13-2-5-16(28)17(29)10-13)22(25(33)26(31)34)24(32)14-3-7-19-20(11-14)37-9-8-36-19/h2-7,10-12,23,32H,8-9H2,1H3/t23-/m1/s1. The minimum atomic E-state index is -1.01. The Hall–Kier alpha value is -3.79. The highest BCUT2D eigenvalue weighted by atomic mass is 35.5. The highest BCUT2D eigenvalue weighted by Crippen LogP contribution is 2.46. The third kappa shape index (κ3) is 4.03. The van der Waals surface area contributed by atoms with Gasteiger partial charge in [-0.05, 0) is 54.1 Å². The van der Waals surface area contributed by atoms with Gasteiger partial charge in [0.1, 0.15) is 24.7 Å². The maximum absolute atomic E-state index is 13.5. The van der Waals surface area contributed by atoms with Crippen molar-refractivity contribution in [2.24, 2.45) is 0 Å². The van der Waals surface area contributed by atoms with E-state index in [1.54, 1.807) is 61.7 Å². The number of ether oxygens (including phenoxy) is 3. The van der Waals surface area contributed by atoms with Crippen LogP contribution in [0.5, 0.6) is 17.2 Å². The molecule has 3 aromatic carbocycles. The number of nitrogens with zero attached hydrogens (tertiary/aromatic N) is 2. The number of hydrogen-bond donors (Lipinski definition) is 1. The molecule has 2 aliphatic heterocycles. The fraction of sp³-hybridized carbons (Fsp3) is 0.148. The lowest BCUT2D eigenvalue weighted by Crippen LogP contribution is -2.29. The Morgan fingerprint density at radius 2 is 1.82 bits per heavy atom. The van der Waals surface area contributed by atoms with Crippen LogP contribution in [-0.4, -0.2) is 42.1 Å². The van der Waals surface area contributed by atoms with Gasteiger partial charge in [0.05, 0.1) is 39.0 Å². The average Bonchev–Trinajstić information content (AvgIpc) is 3.47. The van der Waals surface area contributed by atoms with Crippen molar-refractivity contribution in [2.75, 3.05) is 25.2 Å². The Morgan fingerprint density at radius 3 is 2.58 bits per heavy atom. The van der Waals surface area contributed by atoms with Crippen LogP contribution in [0.1, 0.15) is 17.2 Å². The number of benzene rings is 3. The van der Waals surface area contributed by atoms with Crippen LogP contribution in [-0.2, 0) is 9.59 Å². The first-order valence-corrected chi connectivity index (χ1v) is 13.0. The van der Waals surface area contributed by atoms with E-state index in [-0.39, 0.29) is 21.5 Å². The van der Waals surface area contributed by atoms with E-state index in [4.69, 9.17) is 37.4 Å². The number of fused-ring (bicyclic) bond motifs is 2. The van der Waals surface area contributed by atoms with Gasteiger partial charge in [0.2, 0.25) is 0 Å². The Morgan fingerprint density at radius 1 is 1.03 bits per heavy atom. The van der Waals surface area contributed by atoms with Crippen molar-refractivity contribution in [1.82, 2.24) is 4.98 Å². The molecule has 1 N–H and O–H groups in total.